The lowest BCUT2D eigenvalue weighted by molar-refractivity contribution is -0.137. The Kier molecular flexibility index (Phi) is 4.73. The Morgan fingerprint density at radius 2 is 1.55 bits per heavy atom. The molecular formula is C19H14F3N11. The molecule has 5 rings (SSSR count). The van der Waals surface area contributed by atoms with Crippen LogP contribution in [0.5, 0.6) is 0 Å². The summed E-state index contributed by atoms with van der Waals surface area (Å²) in [6.45, 7) is 0. The fraction of sp³-hybridized carbons (Fsp3) is 0.0526. The molecule has 5 aromatic rings. The zero-order chi connectivity index (χ0) is 23.0. The largest absolute Gasteiger partial charge is 0.416 e. The highest BCUT2D eigenvalue weighted by Crippen LogP contribution is 2.33. The SMILES string of the molecule is Nc1nc(Nc2cc(-n3nccn3)cc(C(F)(F)F)c2)nc(Nc2ccn3ccnc3c2)n1. The average Bonchev–Trinajstić information content (AvgIpc) is 3.44. The number of benzene rings is 1. The molecule has 1 aromatic carbocycles. The first-order valence-corrected chi connectivity index (χ1v) is 9.41. The molecule has 0 bridgehead atoms. The molecule has 0 aliphatic carbocycles. The molecule has 4 aromatic heterocycles. The van der Waals surface area contributed by atoms with E-state index in [1.54, 1.807) is 30.7 Å². The maximum atomic E-state index is 13.4. The molecule has 0 spiro atoms. The Balaban J connectivity index is 1.46. The number of hydrogen-bond donors (Lipinski definition) is 3. The van der Waals surface area contributed by atoms with Gasteiger partial charge in [-0.3, -0.25) is 0 Å². The van der Waals surface area contributed by atoms with Gasteiger partial charge in [0.1, 0.15) is 5.65 Å². The van der Waals surface area contributed by atoms with E-state index in [0.29, 0.717) is 11.3 Å². The number of nitrogens with zero attached hydrogens (tertiary/aromatic N) is 8. The first kappa shape index (κ1) is 20.2. The second-order valence-corrected chi connectivity index (χ2v) is 6.78. The number of imidazole rings is 1. The van der Waals surface area contributed by atoms with Gasteiger partial charge in [-0.1, -0.05) is 0 Å². The minimum Gasteiger partial charge on any atom is -0.368 e. The first-order chi connectivity index (χ1) is 15.8. The van der Waals surface area contributed by atoms with Crippen LogP contribution in [0.15, 0.2) is 61.3 Å². The smallest absolute Gasteiger partial charge is 0.368 e. The zero-order valence-corrected chi connectivity index (χ0v) is 16.6. The van der Waals surface area contributed by atoms with Gasteiger partial charge >= 0.3 is 6.18 Å². The Morgan fingerprint density at radius 3 is 2.27 bits per heavy atom. The van der Waals surface area contributed by atoms with Crippen LogP contribution in [0.4, 0.5) is 42.4 Å². The summed E-state index contributed by atoms with van der Waals surface area (Å²) in [5.74, 6) is -0.0785. The van der Waals surface area contributed by atoms with E-state index in [1.807, 2.05) is 4.40 Å². The highest BCUT2D eigenvalue weighted by Gasteiger charge is 2.31. The third kappa shape index (κ3) is 4.34. The number of fused-ring (bicyclic) bond motifs is 1. The monoisotopic (exact) mass is 453 g/mol. The maximum Gasteiger partial charge on any atom is 0.416 e. The Labute approximate surface area is 183 Å². The lowest BCUT2D eigenvalue weighted by Crippen LogP contribution is -2.10. The molecule has 0 radical (unpaired) electrons. The molecule has 0 fully saturated rings. The second-order valence-electron chi connectivity index (χ2n) is 6.78. The predicted octanol–water partition coefficient (Wildman–Crippen LogP) is 3.19. The van der Waals surface area contributed by atoms with Gasteiger partial charge in [-0.05, 0) is 24.3 Å². The van der Waals surface area contributed by atoms with Crippen molar-refractivity contribution >= 4 is 34.9 Å². The third-order valence-corrected chi connectivity index (χ3v) is 4.46. The van der Waals surface area contributed by atoms with Crippen molar-refractivity contribution in [3.63, 3.8) is 0 Å². The fourth-order valence-electron chi connectivity index (χ4n) is 3.06. The summed E-state index contributed by atoms with van der Waals surface area (Å²) in [5, 5.41) is 13.5. The molecule has 0 aliphatic rings. The minimum atomic E-state index is -4.59. The molecule has 4 heterocycles. The summed E-state index contributed by atoms with van der Waals surface area (Å²) in [5.41, 5.74) is 6.39. The van der Waals surface area contributed by atoms with Crippen LogP contribution in [-0.2, 0) is 6.18 Å². The van der Waals surface area contributed by atoms with Gasteiger partial charge < -0.3 is 20.8 Å². The van der Waals surface area contributed by atoms with Crippen molar-refractivity contribution in [3.05, 3.63) is 66.9 Å². The van der Waals surface area contributed by atoms with Gasteiger partial charge in [0.05, 0.1) is 23.6 Å². The maximum absolute atomic E-state index is 13.4. The van der Waals surface area contributed by atoms with Gasteiger partial charge in [0.15, 0.2) is 0 Å². The molecule has 0 aliphatic heterocycles. The number of hydrogen-bond acceptors (Lipinski definition) is 9. The van der Waals surface area contributed by atoms with Crippen LogP contribution in [-0.4, -0.2) is 39.3 Å². The molecule has 0 saturated heterocycles. The van der Waals surface area contributed by atoms with Crippen molar-refractivity contribution in [3.8, 4) is 5.69 Å². The van der Waals surface area contributed by atoms with Crippen molar-refractivity contribution in [2.75, 3.05) is 16.4 Å². The minimum absolute atomic E-state index is 0.0504. The van der Waals surface area contributed by atoms with Crippen LogP contribution in [0.25, 0.3) is 11.3 Å². The van der Waals surface area contributed by atoms with E-state index < -0.39 is 11.7 Å². The molecule has 14 heteroatoms. The fourth-order valence-corrected chi connectivity index (χ4v) is 3.06. The van der Waals surface area contributed by atoms with Crippen LogP contribution in [0.1, 0.15) is 5.56 Å². The number of nitrogens with one attached hydrogen (secondary N) is 2. The van der Waals surface area contributed by atoms with Crippen LogP contribution >= 0.6 is 0 Å². The quantitative estimate of drug-likeness (QED) is 0.366. The van der Waals surface area contributed by atoms with Crippen LogP contribution in [0.2, 0.25) is 0 Å². The second kappa shape index (κ2) is 7.74. The van der Waals surface area contributed by atoms with E-state index in [-0.39, 0.29) is 29.2 Å². The number of aromatic nitrogens is 8. The summed E-state index contributed by atoms with van der Waals surface area (Å²) >= 11 is 0. The van der Waals surface area contributed by atoms with E-state index in [0.717, 1.165) is 16.9 Å². The molecule has 4 N–H and O–H groups in total. The number of nitrogens with two attached hydrogens (primary N) is 1. The molecule has 33 heavy (non-hydrogen) atoms. The van der Waals surface area contributed by atoms with E-state index >= 15 is 0 Å². The van der Waals surface area contributed by atoms with Gasteiger partial charge in [0.25, 0.3) is 0 Å². The van der Waals surface area contributed by atoms with Crippen molar-refractivity contribution < 1.29 is 13.2 Å². The molecule has 0 unspecified atom stereocenters. The standard InChI is InChI=1S/C19H14F3N11/c20-19(21,22)11-7-13(9-14(8-11)33-25-2-3-26-33)28-18-30-16(23)29-17(31-18)27-12-1-5-32-6-4-24-15(32)10-12/h1-10H,(H4,23,27,28,29,30,31). The summed E-state index contributed by atoms with van der Waals surface area (Å²) in [6, 6.07) is 6.83. The Morgan fingerprint density at radius 1 is 0.818 bits per heavy atom. The van der Waals surface area contributed by atoms with Crippen molar-refractivity contribution in [2.45, 2.75) is 6.18 Å². The van der Waals surface area contributed by atoms with Gasteiger partial charge in [-0.2, -0.15) is 43.1 Å². The van der Waals surface area contributed by atoms with E-state index in [4.69, 9.17) is 5.73 Å². The number of nitrogen functional groups attached to an aromatic ring is 1. The van der Waals surface area contributed by atoms with Gasteiger partial charge in [0, 0.05) is 36.0 Å². The third-order valence-electron chi connectivity index (χ3n) is 4.46. The molecule has 0 atom stereocenters. The summed E-state index contributed by atoms with van der Waals surface area (Å²) < 4.78 is 42.1. The van der Waals surface area contributed by atoms with Crippen molar-refractivity contribution in [2.24, 2.45) is 0 Å². The lowest BCUT2D eigenvalue weighted by Gasteiger charge is -2.13. The first-order valence-electron chi connectivity index (χ1n) is 9.41. The lowest BCUT2D eigenvalue weighted by atomic mass is 10.1. The van der Waals surface area contributed by atoms with Gasteiger partial charge in [-0.25, -0.2) is 4.98 Å². The topological polar surface area (TPSA) is 137 Å². The molecule has 0 amide bonds. The van der Waals surface area contributed by atoms with Crippen molar-refractivity contribution in [1.29, 1.82) is 0 Å². The van der Waals surface area contributed by atoms with Crippen LogP contribution in [0.3, 0.4) is 0 Å². The average molecular weight is 453 g/mol. The molecule has 11 nitrogen and oxygen atoms in total. The van der Waals surface area contributed by atoms with E-state index in [2.05, 4.69) is 40.8 Å². The highest BCUT2D eigenvalue weighted by atomic mass is 19.4. The number of pyridine rings is 1. The van der Waals surface area contributed by atoms with Gasteiger partial charge in [0.2, 0.25) is 17.8 Å². The molecular weight excluding hydrogens is 439 g/mol. The summed E-state index contributed by atoms with van der Waals surface area (Å²) in [7, 11) is 0. The number of rotatable bonds is 5. The summed E-state index contributed by atoms with van der Waals surface area (Å²) in [4.78, 5) is 17.5. The molecule has 166 valence electrons. The number of alkyl halides is 3. The van der Waals surface area contributed by atoms with E-state index in [9.17, 15) is 13.2 Å². The van der Waals surface area contributed by atoms with Crippen LogP contribution < -0.4 is 16.4 Å². The normalized spacial score (nSPS) is 11.6. The Hall–Kier alpha value is -4.75. The molecule has 0 saturated carbocycles. The van der Waals surface area contributed by atoms with E-state index in [1.165, 1.54) is 18.5 Å². The zero-order valence-electron chi connectivity index (χ0n) is 16.6. The highest BCUT2D eigenvalue weighted by molar-refractivity contribution is 5.63. The van der Waals surface area contributed by atoms with Gasteiger partial charge in [-0.15, -0.1) is 0 Å². The predicted molar refractivity (Wildman–Crippen MR) is 112 cm³/mol. The van der Waals surface area contributed by atoms with Crippen LogP contribution in [0, 0.1) is 0 Å². The number of anilines is 5. The van der Waals surface area contributed by atoms with Crippen molar-refractivity contribution in [1.82, 2.24) is 39.3 Å². The Bertz CT molecular complexity index is 1430. The summed E-state index contributed by atoms with van der Waals surface area (Å²) in [6.07, 6.45) is 3.38. The number of halogens is 3.